The number of thiophene rings is 1. The topological polar surface area (TPSA) is 29.5 Å². The molecule has 0 fully saturated rings. The molecular formula is C16H16F3NO2S. The van der Waals surface area contributed by atoms with Crippen LogP contribution in [0.2, 0.25) is 0 Å². The highest BCUT2D eigenvalue weighted by Crippen LogP contribution is 2.29. The lowest BCUT2D eigenvalue weighted by Gasteiger charge is -2.22. The highest BCUT2D eigenvalue weighted by atomic mass is 32.1. The molecule has 0 unspecified atom stereocenters. The van der Waals surface area contributed by atoms with Gasteiger partial charge >= 0.3 is 6.18 Å². The van der Waals surface area contributed by atoms with Crippen molar-refractivity contribution in [2.75, 3.05) is 20.3 Å². The number of alkyl halides is 3. The molecule has 2 aromatic rings. The summed E-state index contributed by atoms with van der Waals surface area (Å²) < 4.78 is 43.4. The van der Waals surface area contributed by atoms with Gasteiger partial charge in [-0.05, 0) is 40.6 Å². The van der Waals surface area contributed by atoms with Crippen LogP contribution in [0.1, 0.15) is 21.5 Å². The quantitative estimate of drug-likeness (QED) is 0.792. The minimum atomic E-state index is -4.47. The Bertz CT molecular complexity index is 641. The molecule has 124 valence electrons. The monoisotopic (exact) mass is 343 g/mol. The summed E-state index contributed by atoms with van der Waals surface area (Å²) in [6.07, 6.45) is -4.47. The summed E-state index contributed by atoms with van der Waals surface area (Å²) in [5, 5.41) is 3.79. The Kier molecular flexibility index (Phi) is 5.79. The van der Waals surface area contributed by atoms with Crippen molar-refractivity contribution in [1.82, 2.24) is 4.90 Å². The number of hydrogen-bond acceptors (Lipinski definition) is 3. The Labute approximate surface area is 136 Å². The van der Waals surface area contributed by atoms with Gasteiger partial charge in [-0.25, -0.2) is 0 Å². The van der Waals surface area contributed by atoms with Gasteiger partial charge in [0.2, 0.25) is 0 Å². The molecule has 0 aliphatic carbocycles. The summed E-state index contributed by atoms with van der Waals surface area (Å²) in [7, 11) is 1.51. The summed E-state index contributed by atoms with van der Waals surface area (Å²) in [5.74, 6) is -0.445. The van der Waals surface area contributed by atoms with Crippen molar-refractivity contribution in [1.29, 1.82) is 0 Å². The standard InChI is InChI=1S/C16H16F3NO2S/c1-22-7-6-20(10-12-5-8-23-11-12)15(21)13-3-2-4-14(9-13)16(17,18)19/h2-5,8-9,11H,6-7,10H2,1H3. The van der Waals surface area contributed by atoms with Crippen LogP contribution >= 0.6 is 11.3 Å². The predicted octanol–water partition coefficient (Wildman–Crippen LogP) is 4.06. The van der Waals surface area contributed by atoms with Crippen LogP contribution in [0.3, 0.4) is 0 Å². The molecule has 2 rings (SSSR count). The fraction of sp³-hybridized carbons (Fsp3) is 0.312. The molecule has 0 aliphatic rings. The van der Waals surface area contributed by atoms with Crippen LogP contribution in [0, 0.1) is 0 Å². The lowest BCUT2D eigenvalue weighted by molar-refractivity contribution is -0.137. The summed E-state index contributed by atoms with van der Waals surface area (Å²) in [6, 6.07) is 6.36. The van der Waals surface area contributed by atoms with Gasteiger partial charge < -0.3 is 9.64 Å². The Morgan fingerprint density at radius 2 is 2.09 bits per heavy atom. The lowest BCUT2D eigenvalue weighted by Crippen LogP contribution is -2.33. The molecule has 0 saturated heterocycles. The number of nitrogens with zero attached hydrogens (tertiary/aromatic N) is 1. The van der Waals surface area contributed by atoms with E-state index in [1.807, 2.05) is 16.8 Å². The summed E-state index contributed by atoms with van der Waals surface area (Å²) in [4.78, 5) is 14.0. The Balaban J connectivity index is 2.22. The molecule has 7 heteroatoms. The average molecular weight is 343 g/mol. The smallest absolute Gasteiger partial charge is 0.383 e. The van der Waals surface area contributed by atoms with Crippen LogP contribution in [0.25, 0.3) is 0 Å². The normalized spacial score (nSPS) is 11.5. The summed E-state index contributed by atoms with van der Waals surface area (Å²) in [5.41, 5.74) is 0.128. The highest BCUT2D eigenvalue weighted by molar-refractivity contribution is 7.07. The molecule has 3 nitrogen and oxygen atoms in total. The highest BCUT2D eigenvalue weighted by Gasteiger charge is 2.31. The van der Waals surface area contributed by atoms with E-state index in [4.69, 9.17) is 4.74 Å². The first kappa shape index (κ1) is 17.5. The number of carbonyl (C=O) groups is 1. The fourth-order valence-electron chi connectivity index (χ4n) is 2.07. The van der Waals surface area contributed by atoms with Crippen molar-refractivity contribution in [2.45, 2.75) is 12.7 Å². The molecule has 1 heterocycles. The van der Waals surface area contributed by atoms with E-state index in [1.54, 1.807) is 0 Å². The third kappa shape index (κ3) is 4.80. The first-order valence-electron chi connectivity index (χ1n) is 6.88. The van der Waals surface area contributed by atoms with Gasteiger partial charge in [0.05, 0.1) is 12.2 Å². The largest absolute Gasteiger partial charge is 0.416 e. The van der Waals surface area contributed by atoms with E-state index < -0.39 is 17.6 Å². The Morgan fingerprint density at radius 1 is 1.30 bits per heavy atom. The Hall–Kier alpha value is -1.86. The number of benzene rings is 1. The first-order valence-corrected chi connectivity index (χ1v) is 7.82. The van der Waals surface area contributed by atoms with Gasteiger partial charge in [0, 0.05) is 25.8 Å². The minimum absolute atomic E-state index is 0.0196. The van der Waals surface area contributed by atoms with Crippen molar-refractivity contribution >= 4 is 17.2 Å². The van der Waals surface area contributed by atoms with E-state index in [2.05, 4.69) is 0 Å². The predicted molar refractivity (Wildman–Crippen MR) is 82.4 cm³/mol. The van der Waals surface area contributed by atoms with Crippen molar-refractivity contribution in [2.24, 2.45) is 0 Å². The summed E-state index contributed by atoms with van der Waals surface area (Å²) >= 11 is 1.50. The van der Waals surface area contributed by atoms with Crippen LogP contribution in [0.5, 0.6) is 0 Å². The zero-order chi connectivity index (χ0) is 16.9. The number of rotatable bonds is 6. The van der Waals surface area contributed by atoms with Crippen LogP contribution < -0.4 is 0 Å². The summed E-state index contributed by atoms with van der Waals surface area (Å²) in [6.45, 7) is 0.957. The number of hydrogen-bond donors (Lipinski definition) is 0. The van der Waals surface area contributed by atoms with E-state index in [-0.39, 0.29) is 5.56 Å². The van der Waals surface area contributed by atoms with E-state index in [9.17, 15) is 18.0 Å². The van der Waals surface area contributed by atoms with Gasteiger partial charge in [-0.3, -0.25) is 4.79 Å². The molecule has 1 aromatic heterocycles. The number of ether oxygens (including phenoxy) is 1. The molecule has 1 aromatic carbocycles. The van der Waals surface area contributed by atoms with Gasteiger partial charge in [0.15, 0.2) is 0 Å². The maximum absolute atomic E-state index is 12.8. The third-order valence-electron chi connectivity index (χ3n) is 3.24. The molecule has 0 bridgehead atoms. The molecule has 0 radical (unpaired) electrons. The van der Waals surface area contributed by atoms with Crippen molar-refractivity contribution in [3.8, 4) is 0 Å². The van der Waals surface area contributed by atoms with E-state index in [0.717, 1.165) is 17.7 Å². The Morgan fingerprint density at radius 3 is 2.70 bits per heavy atom. The van der Waals surface area contributed by atoms with Crippen molar-refractivity contribution in [3.63, 3.8) is 0 Å². The second kappa shape index (κ2) is 7.61. The molecule has 0 aliphatic heterocycles. The number of amides is 1. The van der Waals surface area contributed by atoms with Gasteiger partial charge in [-0.1, -0.05) is 6.07 Å². The van der Waals surface area contributed by atoms with E-state index in [0.29, 0.717) is 19.7 Å². The molecular weight excluding hydrogens is 327 g/mol. The van der Waals surface area contributed by atoms with E-state index >= 15 is 0 Å². The van der Waals surface area contributed by atoms with Crippen LogP contribution in [0.4, 0.5) is 13.2 Å². The van der Waals surface area contributed by atoms with Crippen molar-refractivity contribution < 1.29 is 22.7 Å². The third-order valence-corrected chi connectivity index (χ3v) is 3.97. The molecule has 0 N–H and O–H groups in total. The average Bonchev–Trinajstić information content (AvgIpc) is 3.03. The lowest BCUT2D eigenvalue weighted by atomic mass is 10.1. The molecule has 0 saturated carbocycles. The molecule has 0 atom stereocenters. The molecule has 23 heavy (non-hydrogen) atoms. The van der Waals surface area contributed by atoms with Gasteiger partial charge in [0.1, 0.15) is 0 Å². The minimum Gasteiger partial charge on any atom is -0.383 e. The molecule has 0 spiro atoms. The van der Waals surface area contributed by atoms with Crippen LogP contribution in [-0.4, -0.2) is 31.1 Å². The zero-order valence-electron chi connectivity index (χ0n) is 12.5. The maximum Gasteiger partial charge on any atom is 0.416 e. The second-order valence-electron chi connectivity index (χ2n) is 4.93. The van der Waals surface area contributed by atoms with Gasteiger partial charge in [0.25, 0.3) is 5.91 Å². The zero-order valence-corrected chi connectivity index (χ0v) is 13.3. The van der Waals surface area contributed by atoms with E-state index in [1.165, 1.54) is 35.5 Å². The van der Waals surface area contributed by atoms with Crippen LogP contribution in [-0.2, 0) is 17.5 Å². The van der Waals surface area contributed by atoms with Crippen LogP contribution in [0.15, 0.2) is 41.1 Å². The maximum atomic E-state index is 12.8. The number of halogens is 3. The van der Waals surface area contributed by atoms with Crippen molar-refractivity contribution in [3.05, 3.63) is 57.8 Å². The number of carbonyl (C=O) groups excluding carboxylic acids is 1. The fourth-order valence-corrected chi connectivity index (χ4v) is 2.73. The number of methoxy groups -OCH3 is 1. The second-order valence-corrected chi connectivity index (χ2v) is 5.71. The SMILES string of the molecule is COCCN(Cc1ccsc1)C(=O)c1cccc(C(F)(F)F)c1. The van der Waals surface area contributed by atoms with Gasteiger partial charge in [-0.2, -0.15) is 24.5 Å². The van der Waals surface area contributed by atoms with Gasteiger partial charge in [-0.15, -0.1) is 0 Å². The first-order chi connectivity index (χ1) is 10.9. The molecule has 1 amide bonds.